The summed E-state index contributed by atoms with van der Waals surface area (Å²) in [4.78, 5) is 16.3. The number of ether oxygens (including phenoxy) is 1. The van der Waals surface area contributed by atoms with Gasteiger partial charge in [-0.3, -0.25) is 0 Å². The topological polar surface area (TPSA) is 69.9 Å². The minimum Gasteiger partial charge on any atom is -0.461 e. The molecule has 0 aliphatic carbocycles. The van der Waals surface area contributed by atoms with E-state index >= 15 is 0 Å². The molecule has 0 aliphatic rings. The lowest BCUT2D eigenvalue weighted by Gasteiger charge is -2.09. The molecule has 6 nitrogen and oxygen atoms in total. The molecule has 0 saturated carbocycles. The molecule has 2 heterocycles. The summed E-state index contributed by atoms with van der Waals surface area (Å²) in [5, 5.41) is 11.0. The van der Waals surface area contributed by atoms with Crippen LogP contribution in [-0.2, 0) is 11.3 Å². The maximum absolute atomic E-state index is 11.9. The predicted octanol–water partition coefficient (Wildman–Crippen LogP) is 2.39. The number of carbonyl (C=O) groups excluding carboxylic acids is 1. The van der Waals surface area contributed by atoms with Gasteiger partial charge in [0.1, 0.15) is 5.01 Å². The molecule has 108 valence electrons. The van der Waals surface area contributed by atoms with Crippen molar-refractivity contribution in [2.24, 2.45) is 0 Å². The number of aryl methyl sites for hydroxylation is 1. The number of nitrogens with zero attached hydrogens (tertiary/aromatic N) is 4. The zero-order valence-corrected chi connectivity index (χ0v) is 12.9. The summed E-state index contributed by atoms with van der Waals surface area (Å²) in [6, 6.07) is 0. The molecule has 2 aromatic rings. The fraction of sp³-hybridized carbons (Fsp3) is 0.538. The van der Waals surface area contributed by atoms with E-state index in [-0.39, 0.29) is 5.92 Å². The first-order chi connectivity index (χ1) is 9.52. The van der Waals surface area contributed by atoms with Gasteiger partial charge in [-0.2, -0.15) is 0 Å². The number of aromatic nitrogens is 4. The summed E-state index contributed by atoms with van der Waals surface area (Å²) in [6.45, 7) is 8.59. The maximum atomic E-state index is 11.9. The van der Waals surface area contributed by atoms with Crippen molar-refractivity contribution in [2.75, 3.05) is 6.61 Å². The van der Waals surface area contributed by atoms with E-state index in [0.717, 1.165) is 16.4 Å². The normalized spacial score (nSPS) is 11.1. The van der Waals surface area contributed by atoms with Crippen LogP contribution in [0.5, 0.6) is 0 Å². The van der Waals surface area contributed by atoms with E-state index < -0.39 is 5.97 Å². The number of thiazole rings is 1. The van der Waals surface area contributed by atoms with Gasteiger partial charge in [-0.25, -0.2) is 14.5 Å². The van der Waals surface area contributed by atoms with Crippen LogP contribution in [0.1, 0.15) is 53.6 Å². The Hall–Kier alpha value is -1.76. The molecule has 0 unspecified atom stereocenters. The van der Waals surface area contributed by atoms with Gasteiger partial charge in [0.25, 0.3) is 0 Å². The van der Waals surface area contributed by atoms with E-state index in [1.54, 1.807) is 22.9 Å². The third-order valence-corrected chi connectivity index (χ3v) is 3.69. The fourth-order valence-corrected chi connectivity index (χ4v) is 2.71. The molecule has 0 aliphatic heterocycles. The standard InChI is InChI=1S/C13H18N4O2S/c1-5-19-13(18)11-12(8(2)3)17(16-15-11)6-10-14-9(4)7-20-10/h7-8H,5-6H2,1-4H3. The molecule has 0 amide bonds. The molecule has 0 N–H and O–H groups in total. The van der Waals surface area contributed by atoms with Crippen LogP contribution in [-0.4, -0.2) is 32.6 Å². The molecular formula is C13H18N4O2S. The third kappa shape index (κ3) is 3.04. The Kier molecular flexibility index (Phi) is 4.49. The lowest BCUT2D eigenvalue weighted by atomic mass is 10.1. The average Bonchev–Trinajstić information content (AvgIpc) is 2.96. The maximum Gasteiger partial charge on any atom is 0.360 e. The largest absolute Gasteiger partial charge is 0.461 e. The highest BCUT2D eigenvalue weighted by Gasteiger charge is 2.23. The average molecular weight is 294 g/mol. The fourth-order valence-electron chi connectivity index (χ4n) is 1.96. The van der Waals surface area contributed by atoms with E-state index in [9.17, 15) is 4.79 Å². The molecule has 2 aromatic heterocycles. The first kappa shape index (κ1) is 14.6. The monoisotopic (exact) mass is 294 g/mol. The van der Waals surface area contributed by atoms with Crippen LogP contribution >= 0.6 is 11.3 Å². The molecule has 20 heavy (non-hydrogen) atoms. The van der Waals surface area contributed by atoms with Crippen LogP contribution in [0.15, 0.2) is 5.38 Å². The van der Waals surface area contributed by atoms with Crippen molar-refractivity contribution in [1.82, 2.24) is 20.0 Å². The van der Waals surface area contributed by atoms with Gasteiger partial charge >= 0.3 is 5.97 Å². The summed E-state index contributed by atoms with van der Waals surface area (Å²) < 4.78 is 6.75. The first-order valence-electron chi connectivity index (χ1n) is 6.54. The van der Waals surface area contributed by atoms with E-state index in [0.29, 0.717) is 18.8 Å². The van der Waals surface area contributed by atoms with E-state index in [1.807, 2.05) is 26.2 Å². The van der Waals surface area contributed by atoms with Gasteiger partial charge in [-0.15, -0.1) is 16.4 Å². The SMILES string of the molecule is CCOC(=O)c1nnn(Cc2nc(C)cs2)c1C(C)C. The van der Waals surface area contributed by atoms with Crippen molar-refractivity contribution in [3.8, 4) is 0 Å². The van der Waals surface area contributed by atoms with Gasteiger partial charge in [0, 0.05) is 11.1 Å². The lowest BCUT2D eigenvalue weighted by Crippen LogP contribution is -2.12. The third-order valence-electron chi connectivity index (χ3n) is 2.74. The molecule has 0 saturated heterocycles. The minimum atomic E-state index is -0.419. The zero-order valence-electron chi connectivity index (χ0n) is 12.1. The molecule has 2 rings (SSSR count). The Balaban J connectivity index is 2.31. The highest BCUT2D eigenvalue weighted by Crippen LogP contribution is 2.20. The Morgan fingerprint density at radius 1 is 1.50 bits per heavy atom. The van der Waals surface area contributed by atoms with Crippen molar-refractivity contribution in [2.45, 2.75) is 40.2 Å². The van der Waals surface area contributed by atoms with Crippen molar-refractivity contribution < 1.29 is 9.53 Å². The molecular weight excluding hydrogens is 276 g/mol. The highest BCUT2D eigenvalue weighted by molar-refractivity contribution is 7.09. The van der Waals surface area contributed by atoms with Gasteiger partial charge in [0.15, 0.2) is 5.69 Å². The number of hydrogen-bond donors (Lipinski definition) is 0. The van der Waals surface area contributed by atoms with Crippen LogP contribution in [0.4, 0.5) is 0 Å². The van der Waals surface area contributed by atoms with Crippen LogP contribution in [0.3, 0.4) is 0 Å². The Morgan fingerprint density at radius 3 is 2.80 bits per heavy atom. The second-order valence-electron chi connectivity index (χ2n) is 4.74. The quantitative estimate of drug-likeness (QED) is 0.792. The second kappa shape index (κ2) is 6.13. The highest BCUT2D eigenvalue weighted by atomic mass is 32.1. The van der Waals surface area contributed by atoms with E-state index in [1.165, 1.54) is 0 Å². The smallest absolute Gasteiger partial charge is 0.360 e. The van der Waals surface area contributed by atoms with Crippen LogP contribution in [0, 0.1) is 6.92 Å². The van der Waals surface area contributed by atoms with Gasteiger partial charge in [0.05, 0.1) is 18.8 Å². The van der Waals surface area contributed by atoms with E-state index in [2.05, 4.69) is 15.3 Å². The second-order valence-corrected chi connectivity index (χ2v) is 5.68. The van der Waals surface area contributed by atoms with E-state index in [4.69, 9.17) is 4.74 Å². The molecule has 0 fully saturated rings. The Bertz CT molecular complexity index is 603. The molecule has 0 spiro atoms. The molecule has 0 radical (unpaired) electrons. The molecule has 0 atom stereocenters. The number of rotatable bonds is 5. The predicted molar refractivity (Wildman–Crippen MR) is 76.0 cm³/mol. The minimum absolute atomic E-state index is 0.130. The summed E-state index contributed by atoms with van der Waals surface area (Å²) in [5.74, 6) is -0.289. The van der Waals surface area contributed by atoms with Crippen molar-refractivity contribution in [3.05, 3.63) is 27.5 Å². The summed E-state index contributed by atoms with van der Waals surface area (Å²) in [5.41, 5.74) is 2.08. The zero-order chi connectivity index (χ0) is 14.7. The van der Waals surface area contributed by atoms with Crippen LogP contribution < -0.4 is 0 Å². The van der Waals surface area contributed by atoms with Gasteiger partial charge in [-0.1, -0.05) is 19.1 Å². The number of esters is 1. The summed E-state index contributed by atoms with van der Waals surface area (Å²) in [7, 11) is 0. The first-order valence-corrected chi connectivity index (χ1v) is 7.42. The number of carbonyl (C=O) groups is 1. The van der Waals surface area contributed by atoms with Crippen LogP contribution in [0.25, 0.3) is 0 Å². The Labute approximate surface area is 121 Å². The van der Waals surface area contributed by atoms with Gasteiger partial charge in [0.2, 0.25) is 0 Å². The molecule has 0 bridgehead atoms. The van der Waals surface area contributed by atoms with Crippen molar-refractivity contribution >= 4 is 17.3 Å². The van der Waals surface area contributed by atoms with Gasteiger partial charge in [-0.05, 0) is 19.8 Å². The van der Waals surface area contributed by atoms with Gasteiger partial charge < -0.3 is 4.74 Å². The summed E-state index contributed by atoms with van der Waals surface area (Å²) >= 11 is 1.58. The van der Waals surface area contributed by atoms with Crippen LogP contribution in [0.2, 0.25) is 0 Å². The lowest BCUT2D eigenvalue weighted by molar-refractivity contribution is 0.0517. The summed E-state index contributed by atoms with van der Waals surface area (Å²) in [6.07, 6.45) is 0. The Morgan fingerprint density at radius 2 is 2.25 bits per heavy atom. The van der Waals surface area contributed by atoms with Crippen molar-refractivity contribution in [1.29, 1.82) is 0 Å². The van der Waals surface area contributed by atoms with Crippen molar-refractivity contribution in [3.63, 3.8) is 0 Å². The molecule has 0 aromatic carbocycles. The molecule has 7 heteroatoms. The number of hydrogen-bond acceptors (Lipinski definition) is 6.